The lowest BCUT2D eigenvalue weighted by atomic mass is 9.96. The molecule has 0 unspecified atom stereocenters. The number of carbonyl (C=O) groups excluding carboxylic acids is 4. The summed E-state index contributed by atoms with van der Waals surface area (Å²) in [6, 6.07) is 6.20. The van der Waals surface area contributed by atoms with E-state index >= 15 is 0 Å². The Kier molecular flexibility index (Phi) is 8.65. The minimum atomic E-state index is -1.05. The Hall–Kier alpha value is -4.02. The van der Waals surface area contributed by atoms with Crippen LogP contribution in [-0.2, 0) is 16.0 Å². The second-order valence-electron chi connectivity index (χ2n) is 9.54. The molecule has 37 heavy (non-hydrogen) atoms. The predicted octanol–water partition coefficient (Wildman–Crippen LogP) is 0.904. The third kappa shape index (κ3) is 6.81. The molecule has 1 saturated heterocycles. The molecule has 4 rings (SSSR count). The van der Waals surface area contributed by atoms with E-state index in [4.69, 9.17) is 5.73 Å². The summed E-state index contributed by atoms with van der Waals surface area (Å²) in [7, 11) is 0. The second kappa shape index (κ2) is 12.3. The number of hydrogen-bond acceptors (Lipinski definition) is 6. The number of likely N-dealkylation sites (tertiary alicyclic amines) is 1. The predicted molar refractivity (Wildman–Crippen MR) is 135 cm³/mol. The number of nitrogens with one attached hydrogen (secondary N) is 3. The van der Waals surface area contributed by atoms with Gasteiger partial charge in [-0.3, -0.25) is 19.4 Å². The number of carbonyl (C=O) groups is 4. The highest BCUT2D eigenvalue weighted by Crippen LogP contribution is 2.22. The standard InChI is InChI=1S/C26H33N7O4/c27-23(34)20(15-17-7-3-1-4-8-17)31-24(35)22-19(32-26(37)30-18-9-5-2-6-10-18)11-14-33(22)25(36)21-16-28-12-13-29-21/h1,3-4,7-8,12-13,16,18-20,22H,2,5-6,9-11,14-15H2,(H2,27,34)(H,31,35)(H2,30,32,37)/t19-,20+,22-/m0/s1. The smallest absolute Gasteiger partial charge is 0.315 e. The summed E-state index contributed by atoms with van der Waals surface area (Å²) in [5.41, 5.74) is 6.52. The number of urea groups is 1. The minimum absolute atomic E-state index is 0.0864. The van der Waals surface area contributed by atoms with Gasteiger partial charge in [0.15, 0.2) is 0 Å². The summed E-state index contributed by atoms with van der Waals surface area (Å²) in [5.74, 6) is -1.75. The third-order valence-corrected chi connectivity index (χ3v) is 6.91. The lowest BCUT2D eigenvalue weighted by molar-refractivity contribution is -0.130. The summed E-state index contributed by atoms with van der Waals surface area (Å²) in [6.07, 6.45) is 9.86. The molecule has 1 aliphatic heterocycles. The Morgan fingerprint density at radius 3 is 2.43 bits per heavy atom. The maximum atomic E-state index is 13.6. The molecular weight excluding hydrogens is 474 g/mol. The number of primary amides is 1. The zero-order valence-corrected chi connectivity index (χ0v) is 20.6. The van der Waals surface area contributed by atoms with Gasteiger partial charge in [0.2, 0.25) is 11.8 Å². The fourth-order valence-electron chi connectivity index (χ4n) is 5.02. The summed E-state index contributed by atoms with van der Waals surface area (Å²) >= 11 is 0. The molecule has 2 fully saturated rings. The monoisotopic (exact) mass is 507 g/mol. The molecule has 2 aromatic rings. The molecule has 1 aromatic heterocycles. The van der Waals surface area contributed by atoms with Crippen molar-refractivity contribution < 1.29 is 19.2 Å². The molecule has 5 N–H and O–H groups in total. The molecule has 11 nitrogen and oxygen atoms in total. The molecule has 5 amide bonds. The fourth-order valence-corrected chi connectivity index (χ4v) is 5.02. The summed E-state index contributed by atoms with van der Waals surface area (Å²) in [5, 5.41) is 8.59. The Labute approximate surface area is 215 Å². The highest BCUT2D eigenvalue weighted by Gasteiger charge is 2.44. The van der Waals surface area contributed by atoms with Gasteiger partial charge in [-0.25, -0.2) is 9.78 Å². The highest BCUT2D eigenvalue weighted by molar-refractivity contribution is 5.98. The first kappa shape index (κ1) is 26.1. The molecular formula is C26H33N7O4. The van der Waals surface area contributed by atoms with E-state index in [-0.39, 0.29) is 30.7 Å². The van der Waals surface area contributed by atoms with Crippen molar-refractivity contribution in [2.45, 2.75) is 69.1 Å². The first-order valence-electron chi connectivity index (χ1n) is 12.7. The van der Waals surface area contributed by atoms with Crippen molar-refractivity contribution in [3.8, 4) is 0 Å². The molecule has 1 aliphatic carbocycles. The zero-order valence-electron chi connectivity index (χ0n) is 20.6. The van der Waals surface area contributed by atoms with Crippen molar-refractivity contribution in [1.29, 1.82) is 0 Å². The van der Waals surface area contributed by atoms with E-state index in [1.807, 2.05) is 30.3 Å². The number of hydrogen-bond donors (Lipinski definition) is 4. The third-order valence-electron chi connectivity index (χ3n) is 6.91. The molecule has 0 bridgehead atoms. The van der Waals surface area contributed by atoms with E-state index in [0.717, 1.165) is 37.7 Å². The van der Waals surface area contributed by atoms with Gasteiger partial charge in [0, 0.05) is 31.4 Å². The molecule has 0 spiro atoms. The van der Waals surface area contributed by atoms with Crippen LogP contribution in [0.2, 0.25) is 0 Å². The SMILES string of the molecule is NC(=O)[C@@H](Cc1ccccc1)NC(=O)[C@@H]1[C@@H](NC(=O)NC2CCCCC2)CCN1C(=O)c1cnccn1. The van der Waals surface area contributed by atoms with Crippen molar-refractivity contribution in [3.63, 3.8) is 0 Å². The van der Waals surface area contributed by atoms with Gasteiger partial charge < -0.3 is 26.6 Å². The summed E-state index contributed by atoms with van der Waals surface area (Å²) < 4.78 is 0. The van der Waals surface area contributed by atoms with Crippen LogP contribution in [-0.4, -0.2) is 69.3 Å². The Bertz CT molecular complexity index is 1090. The first-order valence-corrected chi connectivity index (χ1v) is 12.7. The maximum absolute atomic E-state index is 13.6. The van der Waals surface area contributed by atoms with E-state index in [1.54, 1.807) is 0 Å². The Morgan fingerprint density at radius 2 is 1.76 bits per heavy atom. The average molecular weight is 508 g/mol. The molecule has 0 radical (unpaired) electrons. The summed E-state index contributed by atoms with van der Waals surface area (Å²) in [6.45, 7) is 0.224. The van der Waals surface area contributed by atoms with Crippen molar-refractivity contribution in [1.82, 2.24) is 30.8 Å². The van der Waals surface area contributed by atoms with E-state index < -0.39 is 35.8 Å². The maximum Gasteiger partial charge on any atom is 0.315 e. The van der Waals surface area contributed by atoms with Crippen LogP contribution >= 0.6 is 0 Å². The van der Waals surface area contributed by atoms with Crippen LogP contribution in [0.3, 0.4) is 0 Å². The molecule has 2 heterocycles. The van der Waals surface area contributed by atoms with Gasteiger partial charge in [-0.2, -0.15) is 0 Å². The molecule has 1 saturated carbocycles. The molecule has 3 atom stereocenters. The van der Waals surface area contributed by atoms with Gasteiger partial charge in [0.1, 0.15) is 17.8 Å². The van der Waals surface area contributed by atoms with Crippen molar-refractivity contribution in [2.75, 3.05) is 6.54 Å². The van der Waals surface area contributed by atoms with Gasteiger partial charge in [-0.15, -0.1) is 0 Å². The molecule has 196 valence electrons. The van der Waals surface area contributed by atoms with Crippen LogP contribution < -0.4 is 21.7 Å². The van der Waals surface area contributed by atoms with Crippen LogP contribution in [0.1, 0.15) is 54.6 Å². The minimum Gasteiger partial charge on any atom is -0.368 e. The Morgan fingerprint density at radius 1 is 1.00 bits per heavy atom. The lowest BCUT2D eigenvalue weighted by Crippen LogP contribution is -2.59. The van der Waals surface area contributed by atoms with E-state index in [2.05, 4.69) is 25.9 Å². The van der Waals surface area contributed by atoms with E-state index in [1.165, 1.54) is 23.5 Å². The number of nitrogens with two attached hydrogens (primary N) is 1. The quantitative estimate of drug-likeness (QED) is 0.415. The number of amides is 5. The van der Waals surface area contributed by atoms with Crippen LogP contribution in [0.4, 0.5) is 4.79 Å². The lowest BCUT2D eigenvalue weighted by Gasteiger charge is -2.30. The van der Waals surface area contributed by atoms with Crippen molar-refractivity contribution in [2.24, 2.45) is 5.73 Å². The highest BCUT2D eigenvalue weighted by atomic mass is 16.2. The van der Waals surface area contributed by atoms with Crippen LogP contribution in [0.25, 0.3) is 0 Å². The molecule has 11 heteroatoms. The van der Waals surface area contributed by atoms with Gasteiger partial charge in [-0.05, 0) is 24.8 Å². The largest absolute Gasteiger partial charge is 0.368 e. The normalized spacial score (nSPS) is 20.6. The Balaban J connectivity index is 1.51. The number of rotatable bonds is 8. The molecule has 1 aromatic carbocycles. The van der Waals surface area contributed by atoms with Gasteiger partial charge in [0.25, 0.3) is 5.91 Å². The zero-order chi connectivity index (χ0) is 26.2. The summed E-state index contributed by atoms with van der Waals surface area (Å²) in [4.78, 5) is 61.2. The van der Waals surface area contributed by atoms with Crippen molar-refractivity contribution in [3.05, 3.63) is 60.2 Å². The van der Waals surface area contributed by atoms with Gasteiger partial charge >= 0.3 is 6.03 Å². The first-order chi connectivity index (χ1) is 17.9. The second-order valence-corrected chi connectivity index (χ2v) is 9.54. The number of nitrogens with zero attached hydrogens (tertiary/aromatic N) is 3. The van der Waals surface area contributed by atoms with Crippen LogP contribution in [0.15, 0.2) is 48.9 Å². The number of benzene rings is 1. The van der Waals surface area contributed by atoms with Gasteiger partial charge in [-0.1, -0.05) is 49.6 Å². The van der Waals surface area contributed by atoms with E-state index in [0.29, 0.717) is 6.42 Å². The van der Waals surface area contributed by atoms with E-state index in [9.17, 15) is 19.2 Å². The fraction of sp³-hybridized carbons (Fsp3) is 0.462. The van der Waals surface area contributed by atoms with Crippen molar-refractivity contribution >= 4 is 23.8 Å². The molecule has 2 aliphatic rings. The van der Waals surface area contributed by atoms with Crippen LogP contribution in [0.5, 0.6) is 0 Å². The average Bonchev–Trinajstić information content (AvgIpc) is 3.32. The van der Waals surface area contributed by atoms with Gasteiger partial charge in [0.05, 0.1) is 12.2 Å². The van der Waals surface area contributed by atoms with Crippen LogP contribution in [0, 0.1) is 0 Å². The number of aromatic nitrogens is 2. The topological polar surface area (TPSA) is 159 Å².